The van der Waals surface area contributed by atoms with Gasteiger partial charge in [-0.25, -0.2) is 8.42 Å². The average molecular weight is 324 g/mol. The predicted octanol–water partition coefficient (Wildman–Crippen LogP) is -1.36. The van der Waals surface area contributed by atoms with E-state index in [9.17, 15) is 18.1 Å². The first-order chi connectivity index (χ1) is 6.32. The molecule has 78 valence electrons. The van der Waals surface area contributed by atoms with Crippen molar-refractivity contribution in [1.82, 2.24) is 0 Å². The van der Waals surface area contributed by atoms with Gasteiger partial charge in [-0.1, -0.05) is 27.5 Å². The van der Waals surface area contributed by atoms with E-state index in [4.69, 9.17) is 11.6 Å². The van der Waals surface area contributed by atoms with Crippen molar-refractivity contribution in [3.8, 4) is 0 Å². The molecule has 1 atom stereocenters. The molecule has 1 rings (SSSR count). The van der Waals surface area contributed by atoms with E-state index in [1.54, 1.807) is 0 Å². The van der Waals surface area contributed by atoms with Gasteiger partial charge in [0.05, 0.1) is 0 Å². The molecule has 1 N–H and O–H groups in total. The summed E-state index contributed by atoms with van der Waals surface area (Å²) in [4.78, 5) is 0. The van der Waals surface area contributed by atoms with Gasteiger partial charge in [-0.3, -0.25) is 0 Å². The van der Waals surface area contributed by atoms with E-state index in [1.165, 1.54) is 18.2 Å². The van der Waals surface area contributed by atoms with Gasteiger partial charge in [0.25, 0.3) is 0 Å². The predicted molar refractivity (Wildman–Crippen MR) is 53.8 cm³/mol. The molecule has 0 saturated heterocycles. The zero-order valence-corrected chi connectivity index (χ0v) is 12.8. The molecular formula is C7H5BrClNaO4S. The van der Waals surface area contributed by atoms with Crippen LogP contribution in [-0.2, 0) is 10.1 Å². The SMILES string of the molecule is O=S(=O)([O-])C(O)c1cc(Cl)ccc1Br.[Na+]. The maximum atomic E-state index is 10.5. The van der Waals surface area contributed by atoms with E-state index in [2.05, 4.69) is 15.9 Å². The van der Waals surface area contributed by atoms with Crippen molar-refractivity contribution in [1.29, 1.82) is 0 Å². The third-order valence-corrected chi connectivity index (χ3v) is 3.26. The number of benzene rings is 1. The van der Waals surface area contributed by atoms with E-state index >= 15 is 0 Å². The zero-order chi connectivity index (χ0) is 10.9. The molecule has 0 aliphatic rings. The Morgan fingerprint density at radius 1 is 1.47 bits per heavy atom. The molecule has 4 nitrogen and oxygen atoms in total. The molecule has 0 saturated carbocycles. The molecule has 0 bridgehead atoms. The summed E-state index contributed by atoms with van der Waals surface area (Å²) < 4.78 is 31.9. The van der Waals surface area contributed by atoms with Gasteiger partial charge in [0, 0.05) is 15.1 Å². The zero-order valence-electron chi connectivity index (χ0n) is 7.65. The topological polar surface area (TPSA) is 77.4 Å². The second-order valence-corrected chi connectivity index (χ2v) is 5.23. The molecule has 0 amide bonds. The Bertz CT molecular complexity index is 450. The largest absolute Gasteiger partial charge is 1.00 e. The first-order valence-electron chi connectivity index (χ1n) is 3.40. The summed E-state index contributed by atoms with van der Waals surface area (Å²) in [7, 11) is -4.78. The van der Waals surface area contributed by atoms with Gasteiger partial charge >= 0.3 is 29.6 Å². The van der Waals surface area contributed by atoms with Crippen molar-refractivity contribution in [3.63, 3.8) is 0 Å². The molecule has 0 aliphatic heterocycles. The molecule has 1 aromatic carbocycles. The second-order valence-electron chi connectivity index (χ2n) is 2.51. The molecule has 0 spiro atoms. The Balaban J connectivity index is 0.00000196. The maximum Gasteiger partial charge on any atom is 1.00 e. The Morgan fingerprint density at radius 2 is 2.00 bits per heavy atom. The fraction of sp³-hybridized carbons (Fsp3) is 0.143. The third kappa shape index (κ3) is 4.32. The summed E-state index contributed by atoms with van der Waals surface area (Å²) in [6.45, 7) is 0. The molecule has 1 unspecified atom stereocenters. The fourth-order valence-corrected chi connectivity index (χ4v) is 2.16. The normalized spacial score (nSPS) is 13.1. The number of rotatable bonds is 2. The van der Waals surface area contributed by atoms with Crippen molar-refractivity contribution < 1.29 is 47.6 Å². The average Bonchev–Trinajstić information content (AvgIpc) is 2.06. The van der Waals surface area contributed by atoms with E-state index in [1.807, 2.05) is 0 Å². The molecule has 0 aliphatic carbocycles. The first kappa shape index (κ1) is 15.9. The van der Waals surface area contributed by atoms with Crippen molar-refractivity contribution in [2.75, 3.05) is 0 Å². The number of aliphatic hydroxyl groups is 1. The van der Waals surface area contributed by atoms with Crippen molar-refractivity contribution in [2.45, 2.75) is 5.44 Å². The van der Waals surface area contributed by atoms with Crippen LogP contribution in [0.2, 0.25) is 5.02 Å². The Hall–Kier alpha value is 0.860. The van der Waals surface area contributed by atoms with Crippen LogP contribution in [0.5, 0.6) is 0 Å². The van der Waals surface area contributed by atoms with Gasteiger partial charge < -0.3 is 9.66 Å². The quantitative estimate of drug-likeness (QED) is 0.539. The van der Waals surface area contributed by atoms with Crippen molar-refractivity contribution >= 4 is 37.6 Å². The van der Waals surface area contributed by atoms with E-state index < -0.39 is 15.6 Å². The minimum Gasteiger partial charge on any atom is -0.746 e. The van der Waals surface area contributed by atoms with Gasteiger partial charge in [0.1, 0.15) is 10.1 Å². The summed E-state index contributed by atoms with van der Waals surface area (Å²) in [5, 5.41) is 9.41. The summed E-state index contributed by atoms with van der Waals surface area (Å²) in [5.74, 6) is 0. The fourth-order valence-electron chi connectivity index (χ4n) is 0.859. The minimum atomic E-state index is -4.78. The molecule has 15 heavy (non-hydrogen) atoms. The van der Waals surface area contributed by atoms with Crippen LogP contribution in [-0.4, -0.2) is 18.1 Å². The number of halogens is 2. The summed E-state index contributed by atoms with van der Waals surface area (Å²) in [5.41, 5.74) is -2.16. The van der Waals surface area contributed by atoms with Crippen LogP contribution in [0.4, 0.5) is 0 Å². The van der Waals surface area contributed by atoms with Crippen LogP contribution >= 0.6 is 27.5 Å². The number of aliphatic hydroxyl groups excluding tert-OH is 1. The standard InChI is InChI=1S/C7H6BrClO4S.Na/c8-6-2-1-4(9)3-5(6)7(10)14(11,12)13;/h1-3,7,10H,(H,11,12,13);/q;+1/p-1. The Morgan fingerprint density at radius 3 is 2.47 bits per heavy atom. The van der Waals surface area contributed by atoms with Crippen LogP contribution in [0.3, 0.4) is 0 Å². The molecular weight excluding hydrogens is 318 g/mol. The van der Waals surface area contributed by atoms with Crippen LogP contribution in [0.1, 0.15) is 11.0 Å². The van der Waals surface area contributed by atoms with Gasteiger partial charge in [0.2, 0.25) is 0 Å². The number of hydrogen-bond donors (Lipinski definition) is 1. The van der Waals surface area contributed by atoms with E-state index in [-0.39, 0.29) is 40.1 Å². The van der Waals surface area contributed by atoms with Gasteiger partial charge in [0.15, 0.2) is 5.44 Å². The maximum absolute atomic E-state index is 10.5. The van der Waals surface area contributed by atoms with Gasteiger partial charge in [-0.15, -0.1) is 0 Å². The Kier molecular flexibility index (Phi) is 6.32. The molecule has 0 fully saturated rings. The van der Waals surface area contributed by atoms with Crippen LogP contribution in [0, 0.1) is 0 Å². The molecule has 8 heteroatoms. The monoisotopic (exact) mass is 322 g/mol. The van der Waals surface area contributed by atoms with Crippen LogP contribution in [0.15, 0.2) is 22.7 Å². The number of hydrogen-bond acceptors (Lipinski definition) is 4. The van der Waals surface area contributed by atoms with Gasteiger partial charge in [-0.05, 0) is 18.2 Å². The third-order valence-electron chi connectivity index (χ3n) is 1.50. The molecule has 0 radical (unpaired) electrons. The molecule has 1 aromatic rings. The summed E-state index contributed by atoms with van der Waals surface area (Å²) in [6.07, 6.45) is 0. The van der Waals surface area contributed by atoms with Crippen LogP contribution in [0.25, 0.3) is 0 Å². The minimum absolute atomic E-state index is 0. The smallest absolute Gasteiger partial charge is 0.746 e. The first-order valence-corrected chi connectivity index (χ1v) is 6.04. The van der Waals surface area contributed by atoms with Crippen molar-refractivity contribution in [2.24, 2.45) is 0 Å². The van der Waals surface area contributed by atoms with Crippen molar-refractivity contribution in [3.05, 3.63) is 33.3 Å². The summed E-state index contributed by atoms with van der Waals surface area (Å²) in [6, 6.07) is 4.16. The Labute approximate surface area is 123 Å². The molecule has 0 aromatic heterocycles. The molecule has 0 heterocycles. The summed E-state index contributed by atoms with van der Waals surface area (Å²) >= 11 is 8.58. The van der Waals surface area contributed by atoms with E-state index in [0.717, 1.165) is 0 Å². The van der Waals surface area contributed by atoms with Gasteiger partial charge in [-0.2, -0.15) is 0 Å². The second kappa shape index (κ2) is 5.97. The van der Waals surface area contributed by atoms with E-state index in [0.29, 0.717) is 4.47 Å². The van der Waals surface area contributed by atoms with Crippen LogP contribution < -0.4 is 29.6 Å².